The van der Waals surface area contributed by atoms with Crippen LogP contribution in [0.15, 0.2) is 65.0 Å². The fraction of sp³-hybridized carbons (Fsp3) is 0.231. The van der Waals surface area contributed by atoms with E-state index >= 15 is 0 Å². The minimum atomic E-state index is -2.55. The smallest absolute Gasteiger partial charge is 0.198 e. The Kier molecular flexibility index (Phi) is 5.29. The van der Waals surface area contributed by atoms with Gasteiger partial charge in [0.15, 0.2) is 11.6 Å². The van der Waals surface area contributed by atoms with Gasteiger partial charge in [0, 0.05) is 33.4 Å². The average Bonchev–Trinajstić information content (AvgIpc) is 2.71. The van der Waals surface area contributed by atoms with Crippen molar-refractivity contribution in [2.45, 2.75) is 26.2 Å². The fourth-order valence-electron chi connectivity index (χ4n) is 3.72. The Bertz CT molecular complexity index is 1360. The summed E-state index contributed by atoms with van der Waals surface area (Å²) >= 11 is 0. The Labute approximate surface area is 188 Å². The topological polar surface area (TPSA) is 72.8 Å². The van der Waals surface area contributed by atoms with E-state index in [1.54, 1.807) is 36.4 Å². The first-order valence-electron chi connectivity index (χ1n) is 10.3. The van der Waals surface area contributed by atoms with Crippen molar-refractivity contribution in [3.05, 3.63) is 88.5 Å². The summed E-state index contributed by atoms with van der Waals surface area (Å²) in [5.41, 5.74) is 2.31. The van der Waals surface area contributed by atoms with Crippen LogP contribution < -0.4 is 4.74 Å². The number of hydrogen-bond acceptors (Lipinski definition) is 5. The normalized spacial score (nSPS) is 13.4. The van der Waals surface area contributed by atoms with Gasteiger partial charge in [0.05, 0.1) is 16.8 Å². The predicted octanol–water partition coefficient (Wildman–Crippen LogP) is 5.91. The van der Waals surface area contributed by atoms with E-state index in [0.29, 0.717) is 16.9 Å². The molecule has 0 spiro atoms. The van der Waals surface area contributed by atoms with E-state index in [9.17, 15) is 13.8 Å². The molecule has 6 heteroatoms. The van der Waals surface area contributed by atoms with E-state index in [1.807, 2.05) is 24.3 Å². The van der Waals surface area contributed by atoms with E-state index in [1.165, 1.54) is 12.5 Å². The van der Waals surface area contributed by atoms with Crippen LogP contribution in [-0.2, 0) is 15.1 Å². The first-order chi connectivity index (χ1) is 15.0. The molecule has 0 bridgehead atoms. The molecule has 3 aromatic rings. The van der Waals surface area contributed by atoms with Gasteiger partial charge in [0.2, 0.25) is 0 Å². The molecule has 0 aliphatic heterocycles. The maximum Gasteiger partial charge on any atom is 0.198 e. The van der Waals surface area contributed by atoms with Gasteiger partial charge in [0.25, 0.3) is 0 Å². The molecular weight excluding hydrogens is 422 g/mol. The molecule has 164 valence electrons. The van der Waals surface area contributed by atoms with Crippen molar-refractivity contribution in [2.75, 3.05) is 12.5 Å². The van der Waals surface area contributed by atoms with Gasteiger partial charge in [-0.2, -0.15) is 4.36 Å². The van der Waals surface area contributed by atoms with Crippen LogP contribution in [0.2, 0.25) is 0 Å². The number of ketones is 2. The Morgan fingerprint density at radius 3 is 1.88 bits per heavy atom. The maximum atomic E-state index is 13.4. The second kappa shape index (κ2) is 7.71. The van der Waals surface area contributed by atoms with Crippen LogP contribution in [0.25, 0.3) is 0 Å². The van der Waals surface area contributed by atoms with Gasteiger partial charge < -0.3 is 4.74 Å². The molecule has 1 aliphatic rings. The van der Waals surface area contributed by atoms with Crippen LogP contribution in [0.1, 0.15) is 58.2 Å². The van der Waals surface area contributed by atoms with Crippen LogP contribution in [0.4, 0.5) is 5.69 Å². The van der Waals surface area contributed by atoms with Gasteiger partial charge in [-0.15, -0.1) is 0 Å². The van der Waals surface area contributed by atoms with E-state index in [0.717, 1.165) is 5.56 Å². The quantitative estimate of drug-likeness (QED) is 0.391. The number of nitrogens with zero attached hydrogens (tertiary/aromatic N) is 1. The van der Waals surface area contributed by atoms with Crippen molar-refractivity contribution in [2.24, 2.45) is 4.36 Å². The third-order valence-corrected chi connectivity index (χ3v) is 5.92. The second-order valence-electron chi connectivity index (χ2n) is 9.19. The lowest BCUT2D eigenvalue weighted by Gasteiger charge is -2.22. The summed E-state index contributed by atoms with van der Waals surface area (Å²) < 4.78 is 22.7. The third kappa shape index (κ3) is 4.10. The van der Waals surface area contributed by atoms with Crippen LogP contribution >= 0.6 is 0 Å². The van der Waals surface area contributed by atoms with Crippen molar-refractivity contribution < 1.29 is 18.5 Å². The lowest BCUT2D eigenvalue weighted by atomic mass is 9.83. The molecular formula is C26H25NO4S. The Hall–Kier alpha value is -3.25. The minimum Gasteiger partial charge on any atom is -0.457 e. The highest BCUT2D eigenvalue weighted by molar-refractivity contribution is 7.92. The van der Waals surface area contributed by atoms with Crippen molar-refractivity contribution in [3.8, 4) is 11.5 Å². The van der Waals surface area contributed by atoms with Gasteiger partial charge in [-0.05, 0) is 35.2 Å². The molecule has 0 unspecified atom stereocenters. The largest absolute Gasteiger partial charge is 0.457 e. The molecule has 0 N–H and O–H groups in total. The second-order valence-corrected chi connectivity index (χ2v) is 11.7. The highest BCUT2D eigenvalue weighted by atomic mass is 32.2. The number of carbonyl (C=O) groups is 2. The van der Waals surface area contributed by atoms with Gasteiger partial charge in [-0.25, -0.2) is 4.21 Å². The van der Waals surface area contributed by atoms with Gasteiger partial charge in [-0.1, -0.05) is 57.2 Å². The highest BCUT2D eigenvalue weighted by Crippen LogP contribution is 2.40. The molecule has 0 saturated carbocycles. The summed E-state index contributed by atoms with van der Waals surface area (Å²) in [6, 6.07) is 17.5. The Morgan fingerprint density at radius 2 is 1.34 bits per heavy atom. The first kappa shape index (κ1) is 22.0. The zero-order valence-corrected chi connectivity index (χ0v) is 19.6. The summed E-state index contributed by atoms with van der Waals surface area (Å²) in [4.78, 5) is 26.8. The molecule has 0 radical (unpaired) electrons. The standard InChI is InChI=1S/C26H25NO4S/c1-26(2,3)16-10-12-17(13-11-16)31-21-15-14-20(27-32(4,5)30)22-23(21)25(29)19-9-7-6-8-18(19)24(22)28/h6-15H,1-5H3. The van der Waals surface area contributed by atoms with Gasteiger partial charge >= 0.3 is 0 Å². The molecule has 0 atom stereocenters. The molecule has 0 aromatic heterocycles. The number of benzene rings is 3. The maximum absolute atomic E-state index is 13.4. The van der Waals surface area contributed by atoms with Crippen LogP contribution in [0, 0.1) is 0 Å². The lowest BCUT2D eigenvalue weighted by Crippen LogP contribution is -2.21. The number of fused-ring (bicyclic) bond motifs is 2. The van der Waals surface area contributed by atoms with E-state index in [4.69, 9.17) is 4.74 Å². The molecule has 0 fully saturated rings. The molecule has 3 aromatic carbocycles. The van der Waals surface area contributed by atoms with E-state index in [-0.39, 0.29) is 39.5 Å². The van der Waals surface area contributed by atoms with E-state index < -0.39 is 9.73 Å². The minimum absolute atomic E-state index is 0.000406. The molecule has 5 nitrogen and oxygen atoms in total. The van der Waals surface area contributed by atoms with Crippen molar-refractivity contribution in [1.82, 2.24) is 0 Å². The first-order valence-corrected chi connectivity index (χ1v) is 12.6. The van der Waals surface area contributed by atoms with Crippen molar-refractivity contribution in [1.29, 1.82) is 0 Å². The third-order valence-electron chi connectivity index (χ3n) is 5.28. The molecule has 0 saturated heterocycles. The molecule has 32 heavy (non-hydrogen) atoms. The molecule has 0 heterocycles. The zero-order chi connectivity index (χ0) is 23.3. The summed E-state index contributed by atoms with van der Waals surface area (Å²) in [6.45, 7) is 6.38. The highest BCUT2D eigenvalue weighted by Gasteiger charge is 2.35. The van der Waals surface area contributed by atoms with Crippen molar-refractivity contribution in [3.63, 3.8) is 0 Å². The number of ether oxygens (including phenoxy) is 1. The number of carbonyl (C=O) groups excluding carboxylic acids is 2. The fourth-order valence-corrected chi connectivity index (χ4v) is 4.35. The zero-order valence-electron chi connectivity index (χ0n) is 18.8. The van der Waals surface area contributed by atoms with Gasteiger partial charge in [0.1, 0.15) is 11.5 Å². The Balaban J connectivity index is 1.88. The van der Waals surface area contributed by atoms with Gasteiger partial charge in [-0.3, -0.25) is 9.59 Å². The SMILES string of the molecule is CC(C)(C)c1ccc(Oc2ccc(N=S(C)(C)=O)c3c2C(=O)c2ccccc2C3=O)cc1. The number of hydrogen-bond donors (Lipinski definition) is 0. The molecule has 4 rings (SSSR count). The monoisotopic (exact) mass is 447 g/mol. The summed E-state index contributed by atoms with van der Waals surface area (Å²) in [7, 11) is -2.55. The number of rotatable bonds is 3. The van der Waals surface area contributed by atoms with E-state index in [2.05, 4.69) is 25.1 Å². The Morgan fingerprint density at radius 1 is 0.781 bits per heavy atom. The lowest BCUT2D eigenvalue weighted by molar-refractivity contribution is 0.0977. The average molecular weight is 448 g/mol. The summed E-state index contributed by atoms with van der Waals surface area (Å²) in [5.74, 6) is 0.186. The molecule has 0 amide bonds. The summed E-state index contributed by atoms with van der Waals surface area (Å²) in [5, 5.41) is 0. The van der Waals surface area contributed by atoms with Crippen LogP contribution in [-0.4, -0.2) is 28.3 Å². The van der Waals surface area contributed by atoms with Crippen LogP contribution in [0.5, 0.6) is 11.5 Å². The predicted molar refractivity (Wildman–Crippen MR) is 127 cm³/mol. The van der Waals surface area contributed by atoms with Crippen LogP contribution in [0.3, 0.4) is 0 Å². The molecule has 1 aliphatic carbocycles. The summed E-state index contributed by atoms with van der Waals surface area (Å²) in [6.07, 6.45) is 2.98. The van der Waals surface area contributed by atoms with Crippen molar-refractivity contribution >= 4 is 27.0 Å².